The van der Waals surface area contributed by atoms with Gasteiger partial charge in [-0.3, -0.25) is 0 Å². The zero-order valence-corrected chi connectivity index (χ0v) is 8.97. The quantitative estimate of drug-likeness (QED) is 0.597. The van der Waals surface area contributed by atoms with Crippen molar-refractivity contribution in [1.82, 2.24) is 4.90 Å². The van der Waals surface area contributed by atoms with E-state index in [9.17, 15) is 0 Å². The number of rotatable bonds is 1. The largest absolute Gasteiger partial charge is 0.375 e. The Morgan fingerprint density at radius 3 is 2.46 bits per heavy atom. The molecule has 0 spiro atoms. The molecule has 0 aromatic heterocycles. The molecule has 0 saturated carbocycles. The van der Waals surface area contributed by atoms with Gasteiger partial charge in [0.05, 0.1) is 0 Å². The summed E-state index contributed by atoms with van der Waals surface area (Å²) in [5.74, 6) is 0.826. The summed E-state index contributed by atoms with van der Waals surface area (Å²) < 4.78 is 0. The molecule has 1 aliphatic carbocycles. The van der Waals surface area contributed by atoms with Crippen molar-refractivity contribution in [2.24, 2.45) is 5.92 Å². The van der Waals surface area contributed by atoms with Gasteiger partial charge in [-0.15, -0.1) is 0 Å². The minimum atomic E-state index is 0.826. The lowest BCUT2D eigenvalue weighted by atomic mass is 9.88. The van der Waals surface area contributed by atoms with Crippen molar-refractivity contribution >= 4 is 0 Å². The van der Waals surface area contributed by atoms with Crippen molar-refractivity contribution in [3.63, 3.8) is 0 Å². The summed E-state index contributed by atoms with van der Waals surface area (Å²) in [6.07, 6.45) is 6.97. The fraction of sp³-hybridized carbons (Fsp3) is 0.833. The Hall–Kier alpha value is -0.460. The summed E-state index contributed by atoms with van der Waals surface area (Å²) in [4.78, 5) is 2.64. The van der Waals surface area contributed by atoms with E-state index in [0.29, 0.717) is 0 Å². The molecular weight excluding hydrogens is 158 g/mol. The van der Waals surface area contributed by atoms with Crippen molar-refractivity contribution in [2.75, 3.05) is 13.1 Å². The smallest absolute Gasteiger partial charge is 0.0175 e. The average molecular weight is 179 g/mol. The van der Waals surface area contributed by atoms with Crippen molar-refractivity contribution in [3.8, 4) is 0 Å². The van der Waals surface area contributed by atoms with Crippen LogP contribution in [0.25, 0.3) is 0 Å². The van der Waals surface area contributed by atoms with E-state index in [0.717, 1.165) is 5.92 Å². The topological polar surface area (TPSA) is 3.24 Å². The van der Waals surface area contributed by atoms with Gasteiger partial charge in [0.1, 0.15) is 0 Å². The number of hydrogen-bond acceptors (Lipinski definition) is 1. The fourth-order valence-electron chi connectivity index (χ4n) is 2.90. The van der Waals surface area contributed by atoms with Gasteiger partial charge in [0, 0.05) is 18.8 Å². The summed E-state index contributed by atoms with van der Waals surface area (Å²) in [5, 5.41) is 0. The van der Waals surface area contributed by atoms with Gasteiger partial charge < -0.3 is 4.90 Å². The molecule has 2 aliphatic rings. The number of nitrogens with zero attached hydrogens (tertiary/aromatic N) is 1. The van der Waals surface area contributed by atoms with E-state index in [1.807, 2.05) is 0 Å². The normalized spacial score (nSPS) is 30.0. The highest BCUT2D eigenvalue weighted by molar-refractivity contribution is 5.17. The van der Waals surface area contributed by atoms with Gasteiger partial charge >= 0.3 is 0 Å². The molecule has 1 heteroatoms. The number of allylic oxidation sites excluding steroid dienone is 2. The van der Waals surface area contributed by atoms with Gasteiger partial charge in [-0.25, -0.2) is 0 Å². The van der Waals surface area contributed by atoms with Gasteiger partial charge in [0.15, 0.2) is 0 Å². The molecule has 1 saturated heterocycles. The molecule has 0 N–H and O–H groups in total. The second-order valence-corrected chi connectivity index (χ2v) is 4.65. The maximum Gasteiger partial charge on any atom is 0.0175 e. The van der Waals surface area contributed by atoms with Crippen LogP contribution in [-0.2, 0) is 0 Å². The summed E-state index contributed by atoms with van der Waals surface area (Å²) >= 11 is 0. The molecule has 0 radical (unpaired) electrons. The van der Waals surface area contributed by atoms with Crippen LogP contribution in [0.15, 0.2) is 11.3 Å². The monoisotopic (exact) mass is 179 g/mol. The number of hydrogen-bond donors (Lipinski definition) is 0. The van der Waals surface area contributed by atoms with Gasteiger partial charge in [-0.2, -0.15) is 0 Å². The molecule has 74 valence electrons. The van der Waals surface area contributed by atoms with Crippen LogP contribution in [0.5, 0.6) is 0 Å². The molecular formula is C12H21N. The molecule has 1 atom stereocenters. The Morgan fingerprint density at radius 1 is 1.15 bits per heavy atom. The first kappa shape index (κ1) is 9.11. The van der Waals surface area contributed by atoms with E-state index in [1.54, 1.807) is 11.3 Å². The Balaban J connectivity index is 2.16. The first-order valence-electron chi connectivity index (χ1n) is 5.73. The first-order chi connectivity index (χ1) is 6.29. The highest BCUT2D eigenvalue weighted by Crippen LogP contribution is 2.33. The van der Waals surface area contributed by atoms with Crippen molar-refractivity contribution < 1.29 is 0 Å². The van der Waals surface area contributed by atoms with Crippen LogP contribution in [-0.4, -0.2) is 18.0 Å². The molecule has 1 unspecified atom stereocenters. The molecule has 1 fully saturated rings. The minimum Gasteiger partial charge on any atom is -0.375 e. The lowest BCUT2D eigenvalue weighted by Gasteiger charge is -2.32. The van der Waals surface area contributed by atoms with Crippen LogP contribution >= 0.6 is 0 Å². The molecule has 1 nitrogen and oxygen atoms in total. The van der Waals surface area contributed by atoms with Crippen LogP contribution in [0.3, 0.4) is 0 Å². The third-order valence-electron chi connectivity index (χ3n) is 3.54. The van der Waals surface area contributed by atoms with E-state index in [4.69, 9.17) is 0 Å². The molecule has 1 aliphatic heterocycles. The van der Waals surface area contributed by atoms with E-state index in [2.05, 4.69) is 18.7 Å². The van der Waals surface area contributed by atoms with Gasteiger partial charge in [0.2, 0.25) is 0 Å². The zero-order valence-electron chi connectivity index (χ0n) is 8.97. The maximum absolute atomic E-state index is 2.64. The molecule has 0 amide bonds. The summed E-state index contributed by atoms with van der Waals surface area (Å²) in [7, 11) is 0. The first-order valence-corrected chi connectivity index (χ1v) is 5.73. The maximum atomic E-state index is 2.64. The summed E-state index contributed by atoms with van der Waals surface area (Å²) in [6, 6.07) is 0. The Morgan fingerprint density at radius 2 is 1.85 bits per heavy atom. The molecule has 1 heterocycles. The van der Waals surface area contributed by atoms with Crippen LogP contribution in [0.1, 0.15) is 46.0 Å². The van der Waals surface area contributed by atoms with Crippen LogP contribution in [0, 0.1) is 5.92 Å². The summed E-state index contributed by atoms with van der Waals surface area (Å²) in [5.41, 5.74) is 3.37. The minimum absolute atomic E-state index is 0.826. The predicted molar refractivity (Wildman–Crippen MR) is 56.5 cm³/mol. The standard InChI is InChI=1S/C12H21N/c1-10-6-5-7-11(2)12(10)13-8-3-4-9-13/h10H,3-9H2,1-2H3. The van der Waals surface area contributed by atoms with E-state index in [-0.39, 0.29) is 0 Å². The van der Waals surface area contributed by atoms with Crippen LogP contribution in [0.4, 0.5) is 0 Å². The lowest BCUT2D eigenvalue weighted by Crippen LogP contribution is -2.26. The van der Waals surface area contributed by atoms with Gasteiger partial charge in [0.25, 0.3) is 0 Å². The second kappa shape index (κ2) is 3.73. The molecule has 0 aromatic rings. The fourth-order valence-corrected chi connectivity index (χ4v) is 2.90. The average Bonchev–Trinajstić information content (AvgIpc) is 2.57. The van der Waals surface area contributed by atoms with Crippen molar-refractivity contribution in [2.45, 2.75) is 46.0 Å². The molecule has 2 rings (SSSR count). The molecule has 13 heavy (non-hydrogen) atoms. The predicted octanol–water partition coefficient (Wildman–Crippen LogP) is 3.18. The van der Waals surface area contributed by atoms with E-state index in [1.165, 1.54) is 45.2 Å². The van der Waals surface area contributed by atoms with Gasteiger partial charge in [-0.05, 0) is 44.9 Å². The third-order valence-corrected chi connectivity index (χ3v) is 3.54. The second-order valence-electron chi connectivity index (χ2n) is 4.65. The zero-order chi connectivity index (χ0) is 9.26. The van der Waals surface area contributed by atoms with Crippen molar-refractivity contribution in [1.29, 1.82) is 0 Å². The third kappa shape index (κ3) is 1.74. The highest BCUT2D eigenvalue weighted by Gasteiger charge is 2.24. The number of likely N-dealkylation sites (tertiary alicyclic amines) is 1. The lowest BCUT2D eigenvalue weighted by molar-refractivity contribution is 0.336. The van der Waals surface area contributed by atoms with Gasteiger partial charge in [-0.1, -0.05) is 12.5 Å². The van der Waals surface area contributed by atoms with Crippen LogP contribution in [0.2, 0.25) is 0 Å². The molecule has 0 bridgehead atoms. The van der Waals surface area contributed by atoms with E-state index < -0.39 is 0 Å². The highest BCUT2D eigenvalue weighted by atomic mass is 15.2. The SMILES string of the molecule is CC1=C(N2CCCC2)C(C)CCC1. The van der Waals surface area contributed by atoms with E-state index >= 15 is 0 Å². The Bertz CT molecular complexity index is 211. The Labute approximate surface area is 81.8 Å². The van der Waals surface area contributed by atoms with Crippen molar-refractivity contribution in [3.05, 3.63) is 11.3 Å². The van der Waals surface area contributed by atoms with Crippen LogP contribution < -0.4 is 0 Å². The Kier molecular flexibility index (Phi) is 2.61. The molecule has 0 aromatic carbocycles. The summed E-state index contributed by atoms with van der Waals surface area (Å²) in [6.45, 7) is 7.37.